The summed E-state index contributed by atoms with van der Waals surface area (Å²) in [5.74, 6) is -0.454. The number of carbonyl (C=O) groups is 2. The molecule has 10 heteroatoms. The fourth-order valence-corrected chi connectivity index (χ4v) is 3.87. The zero-order valence-corrected chi connectivity index (χ0v) is 19.0. The van der Waals surface area contributed by atoms with Crippen LogP contribution in [0.25, 0.3) is 11.0 Å². The lowest BCUT2D eigenvalue weighted by atomic mass is 10.2. The van der Waals surface area contributed by atoms with E-state index >= 15 is 0 Å². The van der Waals surface area contributed by atoms with Crippen molar-refractivity contribution in [3.63, 3.8) is 0 Å². The Bertz CT molecular complexity index is 1330. The minimum atomic E-state index is -0.585. The Kier molecular flexibility index (Phi) is 6.64. The molecule has 0 aliphatic rings. The molecule has 4 aromatic rings. The number of hydrogen-bond donors (Lipinski definition) is 2. The van der Waals surface area contributed by atoms with Gasteiger partial charge in [0.2, 0.25) is 5.76 Å². The summed E-state index contributed by atoms with van der Waals surface area (Å²) < 4.78 is 5.76. The molecule has 0 radical (unpaired) electrons. The highest BCUT2D eigenvalue weighted by Gasteiger charge is 2.24. The summed E-state index contributed by atoms with van der Waals surface area (Å²) in [6.45, 7) is 1.95. The van der Waals surface area contributed by atoms with E-state index in [-0.39, 0.29) is 22.2 Å². The summed E-state index contributed by atoms with van der Waals surface area (Å²) in [7, 11) is 0. The van der Waals surface area contributed by atoms with Crippen LogP contribution < -0.4 is 10.6 Å². The zero-order valence-electron chi connectivity index (χ0n) is 16.7. The fourth-order valence-electron chi connectivity index (χ4n) is 2.97. The van der Waals surface area contributed by atoms with Crippen LogP contribution in [0.4, 0.5) is 11.4 Å². The number of para-hydroxylation sites is 1. The van der Waals surface area contributed by atoms with Crippen molar-refractivity contribution < 1.29 is 14.0 Å². The van der Waals surface area contributed by atoms with Crippen molar-refractivity contribution >= 4 is 69.1 Å². The number of furan rings is 1. The van der Waals surface area contributed by atoms with Crippen molar-refractivity contribution in [3.8, 4) is 0 Å². The van der Waals surface area contributed by atoms with Crippen LogP contribution in [0.2, 0.25) is 10.0 Å². The molecule has 162 valence electrons. The number of hydrogen-bond acceptors (Lipinski definition) is 6. The highest BCUT2D eigenvalue weighted by Crippen LogP contribution is 2.32. The molecule has 2 amide bonds. The molecule has 2 aromatic heterocycles. The van der Waals surface area contributed by atoms with Crippen LogP contribution in [-0.2, 0) is 0 Å². The maximum atomic E-state index is 13.0. The number of thioether (sulfide) groups is 1. The number of halogens is 2. The van der Waals surface area contributed by atoms with Gasteiger partial charge in [-0.05, 0) is 36.1 Å². The molecule has 0 saturated carbocycles. The van der Waals surface area contributed by atoms with Gasteiger partial charge in [-0.15, -0.1) is 0 Å². The largest absolute Gasteiger partial charge is 0.449 e. The minimum Gasteiger partial charge on any atom is -0.449 e. The maximum Gasteiger partial charge on any atom is 0.293 e. The maximum absolute atomic E-state index is 13.0. The second kappa shape index (κ2) is 9.60. The number of nitrogens with zero attached hydrogens (tertiary/aromatic N) is 2. The highest BCUT2D eigenvalue weighted by atomic mass is 35.5. The van der Waals surface area contributed by atoms with E-state index in [2.05, 4.69) is 20.6 Å². The first-order valence-electron chi connectivity index (χ1n) is 9.51. The van der Waals surface area contributed by atoms with Crippen molar-refractivity contribution in [3.05, 3.63) is 76.2 Å². The average Bonchev–Trinajstić information content (AvgIpc) is 3.14. The third-order valence-electron chi connectivity index (χ3n) is 4.33. The van der Waals surface area contributed by atoms with Crippen molar-refractivity contribution in [2.24, 2.45) is 0 Å². The second-order valence-electron chi connectivity index (χ2n) is 6.50. The summed E-state index contributed by atoms with van der Waals surface area (Å²) in [5, 5.41) is 7.02. The molecule has 0 unspecified atom stereocenters. The molecule has 7 nitrogen and oxygen atoms in total. The lowest BCUT2D eigenvalue weighted by Crippen LogP contribution is -2.18. The number of amides is 2. The van der Waals surface area contributed by atoms with Crippen molar-refractivity contribution in [2.45, 2.75) is 12.1 Å². The Hall–Kier alpha value is -3.07. The van der Waals surface area contributed by atoms with Gasteiger partial charge in [-0.1, -0.05) is 60.1 Å². The van der Waals surface area contributed by atoms with E-state index in [1.807, 2.05) is 6.92 Å². The van der Waals surface area contributed by atoms with Crippen LogP contribution in [-0.4, -0.2) is 27.5 Å². The molecular weight excluding hydrogens is 471 g/mol. The number of rotatable bonds is 6. The zero-order chi connectivity index (χ0) is 22.7. The molecule has 0 spiro atoms. The van der Waals surface area contributed by atoms with Crippen LogP contribution in [0, 0.1) is 0 Å². The summed E-state index contributed by atoms with van der Waals surface area (Å²) in [5.41, 5.74) is 1.14. The van der Waals surface area contributed by atoms with E-state index in [9.17, 15) is 9.59 Å². The summed E-state index contributed by atoms with van der Waals surface area (Å²) in [4.78, 5) is 34.4. The Labute approximate surface area is 197 Å². The van der Waals surface area contributed by atoms with Gasteiger partial charge in [0.15, 0.2) is 10.9 Å². The smallest absolute Gasteiger partial charge is 0.293 e. The summed E-state index contributed by atoms with van der Waals surface area (Å²) >= 11 is 13.5. The number of anilines is 2. The first-order valence-corrected chi connectivity index (χ1v) is 11.3. The molecule has 0 aliphatic heterocycles. The van der Waals surface area contributed by atoms with Gasteiger partial charge in [-0.2, -0.15) is 0 Å². The topological polar surface area (TPSA) is 97.1 Å². The third-order valence-corrected chi connectivity index (χ3v) is 5.59. The van der Waals surface area contributed by atoms with Crippen LogP contribution >= 0.6 is 35.0 Å². The summed E-state index contributed by atoms with van der Waals surface area (Å²) in [6, 6.07) is 13.7. The number of aromatic nitrogens is 2. The van der Waals surface area contributed by atoms with Gasteiger partial charge < -0.3 is 15.1 Å². The standard InChI is InChI=1S/C22H16Cl2N4O3S/c1-2-32-22-25-11-15(24)18(28-22)20(29)27-17-14-8-3-4-9-16(14)31-19(17)21(30)26-13-7-5-6-12(23)10-13/h3-11H,2H2,1H3,(H,26,30)(H,27,29). The SMILES string of the molecule is CCSc1ncc(Cl)c(C(=O)Nc2c(C(=O)Nc3cccc(Cl)c3)oc3ccccc23)n1. The van der Waals surface area contributed by atoms with Crippen molar-refractivity contribution in [1.29, 1.82) is 0 Å². The molecule has 2 aromatic carbocycles. The van der Waals surface area contributed by atoms with Gasteiger partial charge >= 0.3 is 0 Å². The minimum absolute atomic E-state index is 0.00379. The van der Waals surface area contributed by atoms with Gasteiger partial charge in [-0.25, -0.2) is 9.97 Å². The van der Waals surface area contributed by atoms with Crippen LogP contribution in [0.1, 0.15) is 28.0 Å². The summed E-state index contributed by atoms with van der Waals surface area (Å²) in [6.07, 6.45) is 1.38. The van der Waals surface area contributed by atoms with Gasteiger partial charge in [-0.3, -0.25) is 9.59 Å². The van der Waals surface area contributed by atoms with E-state index in [4.69, 9.17) is 27.6 Å². The molecular formula is C22H16Cl2N4O3S. The number of benzene rings is 2. The first-order chi connectivity index (χ1) is 15.5. The van der Waals surface area contributed by atoms with Crippen molar-refractivity contribution in [2.75, 3.05) is 16.4 Å². The first kappa shape index (κ1) is 22.1. The van der Waals surface area contributed by atoms with Crippen LogP contribution in [0.5, 0.6) is 0 Å². The number of fused-ring (bicyclic) bond motifs is 1. The van der Waals surface area contributed by atoms with Gasteiger partial charge in [0, 0.05) is 16.1 Å². The quantitative estimate of drug-likeness (QED) is 0.250. The molecule has 2 heterocycles. The fraction of sp³-hybridized carbons (Fsp3) is 0.0909. The number of carbonyl (C=O) groups excluding carboxylic acids is 2. The van der Waals surface area contributed by atoms with Gasteiger partial charge in [0.1, 0.15) is 11.3 Å². The Morgan fingerprint density at radius 1 is 1.06 bits per heavy atom. The predicted octanol–water partition coefficient (Wildman–Crippen LogP) is 6.15. The van der Waals surface area contributed by atoms with Gasteiger partial charge in [0.05, 0.1) is 11.2 Å². The molecule has 4 rings (SSSR count). The normalized spacial score (nSPS) is 10.8. The molecule has 0 saturated heterocycles. The van der Waals surface area contributed by atoms with Crippen LogP contribution in [0.15, 0.2) is 64.3 Å². The third kappa shape index (κ3) is 4.72. The lowest BCUT2D eigenvalue weighted by molar-refractivity contribution is 0.0999. The molecule has 0 bridgehead atoms. The van der Waals surface area contributed by atoms with Crippen molar-refractivity contribution in [1.82, 2.24) is 9.97 Å². The molecule has 0 aliphatic carbocycles. The van der Waals surface area contributed by atoms with E-state index in [0.29, 0.717) is 26.8 Å². The van der Waals surface area contributed by atoms with E-state index in [0.717, 1.165) is 5.75 Å². The predicted molar refractivity (Wildman–Crippen MR) is 127 cm³/mol. The monoisotopic (exact) mass is 486 g/mol. The Balaban J connectivity index is 1.70. The van der Waals surface area contributed by atoms with E-state index in [1.165, 1.54) is 18.0 Å². The average molecular weight is 487 g/mol. The second-order valence-corrected chi connectivity index (χ2v) is 8.58. The van der Waals surface area contributed by atoms with E-state index in [1.54, 1.807) is 48.5 Å². The molecule has 0 atom stereocenters. The number of nitrogens with one attached hydrogen (secondary N) is 2. The van der Waals surface area contributed by atoms with E-state index < -0.39 is 11.8 Å². The molecule has 0 fully saturated rings. The van der Waals surface area contributed by atoms with Crippen LogP contribution in [0.3, 0.4) is 0 Å². The molecule has 2 N–H and O–H groups in total. The Morgan fingerprint density at radius 3 is 2.66 bits per heavy atom. The molecule has 32 heavy (non-hydrogen) atoms. The lowest BCUT2D eigenvalue weighted by Gasteiger charge is -2.09. The Morgan fingerprint density at radius 2 is 1.88 bits per heavy atom. The highest BCUT2D eigenvalue weighted by molar-refractivity contribution is 7.99. The van der Waals surface area contributed by atoms with Gasteiger partial charge in [0.25, 0.3) is 11.8 Å².